The quantitative estimate of drug-likeness (QED) is 0.926. The molecular weight excluding hydrogens is 316 g/mol. The minimum atomic E-state index is -0.0327. The summed E-state index contributed by atoms with van der Waals surface area (Å²) in [6.45, 7) is 2.43. The van der Waals surface area contributed by atoms with Gasteiger partial charge in [-0.3, -0.25) is 4.79 Å². The zero-order chi connectivity index (χ0) is 17.1. The normalized spacial score (nSPS) is 15.9. The number of ether oxygens (including phenoxy) is 2. The molecule has 0 unspecified atom stereocenters. The van der Waals surface area contributed by atoms with Crippen LogP contribution >= 0.6 is 0 Å². The molecule has 0 spiro atoms. The highest BCUT2D eigenvalue weighted by molar-refractivity contribution is 5.92. The van der Waals surface area contributed by atoms with Gasteiger partial charge in [0.25, 0.3) is 0 Å². The minimum Gasteiger partial charge on any atom is -0.454 e. The summed E-state index contributed by atoms with van der Waals surface area (Å²) in [5.41, 5.74) is 2.93. The van der Waals surface area contributed by atoms with Crippen LogP contribution in [0.3, 0.4) is 0 Å². The minimum absolute atomic E-state index is 0.0327. The first-order valence-electron chi connectivity index (χ1n) is 8.81. The SMILES string of the molecule is O=C(Cc1ccc2c(c1)OCO2)Nc1cccc(N2CCCCC2)c1. The van der Waals surface area contributed by atoms with E-state index in [2.05, 4.69) is 22.3 Å². The van der Waals surface area contributed by atoms with E-state index in [-0.39, 0.29) is 12.7 Å². The molecule has 5 heteroatoms. The molecule has 0 aliphatic carbocycles. The molecule has 2 heterocycles. The van der Waals surface area contributed by atoms with Gasteiger partial charge >= 0.3 is 0 Å². The van der Waals surface area contributed by atoms with Gasteiger partial charge in [0.05, 0.1) is 6.42 Å². The number of carbonyl (C=O) groups is 1. The van der Waals surface area contributed by atoms with E-state index in [1.165, 1.54) is 24.9 Å². The van der Waals surface area contributed by atoms with Crippen molar-refractivity contribution in [3.05, 3.63) is 48.0 Å². The first-order chi connectivity index (χ1) is 12.3. The Balaban J connectivity index is 1.40. The maximum Gasteiger partial charge on any atom is 0.231 e. The third-order valence-electron chi connectivity index (χ3n) is 4.65. The van der Waals surface area contributed by atoms with Crippen molar-refractivity contribution >= 4 is 17.3 Å². The maximum absolute atomic E-state index is 12.4. The van der Waals surface area contributed by atoms with Crippen LogP contribution in [0.5, 0.6) is 11.5 Å². The van der Waals surface area contributed by atoms with Gasteiger partial charge in [0.2, 0.25) is 12.7 Å². The topological polar surface area (TPSA) is 50.8 Å². The molecule has 2 aromatic rings. The summed E-state index contributed by atoms with van der Waals surface area (Å²) in [7, 11) is 0. The first-order valence-corrected chi connectivity index (χ1v) is 8.81. The number of anilines is 2. The number of amides is 1. The number of nitrogens with one attached hydrogen (secondary N) is 1. The molecule has 0 bridgehead atoms. The van der Waals surface area contributed by atoms with E-state index in [0.29, 0.717) is 12.2 Å². The van der Waals surface area contributed by atoms with Crippen molar-refractivity contribution in [3.8, 4) is 11.5 Å². The lowest BCUT2D eigenvalue weighted by Gasteiger charge is -2.29. The fourth-order valence-electron chi connectivity index (χ4n) is 3.37. The molecule has 1 fully saturated rings. The van der Waals surface area contributed by atoms with Crippen molar-refractivity contribution in [2.45, 2.75) is 25.7 Å². The van der Waals surface area contributed by atoms with Crippen molar-refractivity contribution in [3.63, 3.8) is 0 Å². The number of hydrogen-bond acceptors (Lipinski definition) is 4. The monoisotopic (exact) mass is 338 g/mol. The summed E-state index contributed by atoms with van der Waals surface area (Å²) in [6, 6.07) is 13.7. The van der Waals surface area contributed by atoms with Crippen molar-refractivity contribution in [2.75, 3.05) is 30.1 Å². The Morgan fingerprint density at radius 1 is 1.00 bits per heavy atom. The van der Waals surface area contributed by atoms with E-state index in [1.807, 2.05) is 30.3 Å². The van der Waals surface area contributed by atoms with Gasteiger partial charge in [0.15, 0.2) is 11.5 Å². The smallest absolute Gasteiger partial charge is 0.231 e. The highest BCUT2D eigenvalue weighted by Gasteiger charge is 2.15. The molecule has 1 N–H and O–H groups in total. The Morgan fingerprint density at radius 2 is 1.84 bits per heavy atom. The molecule has 2 aliphatic rings. The van der Waals surface area contributed by atoms with E-state index in [0.717, 1.165) is 30.1 Å². The van der Waals surface area contributed by atoms with Crippen LogP contribution in [0.15, 0.2) is 42.5 Å². The van der Waals surface area contributed by atoms with Crippen LogP contribution in [0.4, 0.5) is 11.4 Å². The molecule has 2 aromatic carbocycles. The number of hydrogen-bond donors (Lipinski definition) is 1. The summed E-state index contributed by atoms with van der Waals surface area (Å²) in [5, 5.41) is 3.00. The van der Waals surface area contributed by atoms with Gasteiger partial charge in [-0.15, -0.1) is 0 Å². The number of carbonyl (C=O) groups excluding carboxylic acids is 1. The first kappa shape index (κ1) is 15.8. The van der Waals surface area contributed by atoms with Gasteiger partial charge in [0, 0.05) is 24.5 Å². The van der Waals surface area contributed by atoms with Crippen LogP contribution in [-0.2, 0) is 11.2 Å². The summed E-state index contributed by atoms with van der Waals surface area (Å²) in [4.78, 5) is 14.8. The molecule has 1 saturated heterocycles. The summed E-state index contributed by atoms with van der Waals surface area (Å²) in [6.07, 6.45) is 4.09. The van der Waals surface area contributed by atoms with Gasteiger partial charge in [-0.1, -0.05) is 12.1 Å². The largest absolute Gasteiger partial charge is 0.454 e. The van der Waals surface area contributed by atoms with Crippen LogP contribution in [0.2, 0.25) is 0 Å². The van der Waals surface area contributed by atoms with Gasteiger partial charge in [-0.2, -0.15) is 0 Å². The predicted octanol–water partition coefficient (Wildman–Crippen LogP) is 3.59. The van der Waals surface area contributed by atoms with E-state index < -0.39 is 0 Å². The third-order valence-corrected chi connectivity index (χ3v) is 4.65. The highest BCUT2D eigenvalue weighted by Crippen LogP contribution is 2.32. The van der Waals surface area contributed by atoms with Gasteiger partial charge in [0.1, 0.15) is 0 Å². The second-order valence-electron chi connectivity index (χ2n) is 6.51. The number of nitrogens with zero attached hydrogens (tertiary/aromatic N) is 1. The average Bonchev–Trinajstić information content (AvgIpc) is 3.10. The van der Waals surface area contributed by atoms with Gasteiger partial charge in [-0.05, 0) is 55.2 Å². The Hall–Kier alpha value is -2.69. The Bertz CT molecular complexity index is 769. The van der Waals surface area contributed by atoms with Crippen molar-refractivity contribution in [1.29, 1.82) is 0 Å². The standard InChI is InChI=1S/C20H22N2O3/c23-20(12-15-7-8-18-19(11-15)25-14-24-18)21-16-5-4-6-17(13-16)22-9-2-1-3-10-22/h4-8,11,13H,1-3,9-10,12,14H2,(H,21,23). The Morgan fingerprint density at radius 3 is 2.72 bits per heavy atom. The van der Waals surface area contributed by atoms with E-state index in [1.54, 1.807) is 0 Å². The van der Waals surface area contributed by atoms with Crippen LogP contribution in [-0.4, -0.2) is 25.8 Å². The second-order valence-corrected chi connectivity index (χ2v) is 6.51. The summed E-state index contributed by atoms with van der Waals surface area (Å²) in [5.74, 6) is 1.41. The molecule has 0 saturated carbocycles. The third kappa shape index (κ3) is 3.71. The predicted molar refractivity (Wildman–Crippen MR) is 97.4 cm³/mol. The molecule has 0 radical (unpaired) electrons. The lowest BCUT2D eigenvalue weighted by Crippen LogP contribution is -2.29. The van der Waals surface area contributed by atoms with Crippen molar-refractivity contribution in [1.82, 2.24) is 0 Å². The molecule has 5 nitrogen and oxygen atoms in total. The van der Waals surface area contributed by atoms with Crippen LogP contribution in [0.1, 0.15) is 24.8 Å². The fourth-order valence-corrected chi connectivity index (χ4v) is 3.37. The molecule has 4 rings (SSSR count). The molecule has 0 atom stereocenters. The second kappa shape index (κ2) is 7.05. The average molecular weight is 338 g/mol. The molecule has 130 valence electrons. The van der Waals surface area contributed by atoms with Crippen LogP contribution in [0, 0.1) is 0 Å². The Kier molecular flexibility index (Phi) is 4.46. The molecular formula is C20H22N2O3. The van der Waals surface area contributed by atoms with E-state index in [4.69, 9.17) is 9.47 Å². The number of fused-ring (bicyclic) bond motifs is 1. The number of piperidine rings is 1. The number of benzene rings is 2. The van der Waals surface area contributed by atoms with E-state index >= 15 is 0 Å². The Labute approximate surface area is 147 Å². The van der Waals surface area contributed by atoms with Gasteiger partial charge < -0.3 is 19.7 Å². The summed E-state index contributed by atoms with van der Waals surface area (Å²) >= 11 is 0. The maximum atomic E-state index is 12.4. The summed E-state index contributed by atoms with van der Waals surface area (Å²) < 4.78 is 10.7. The molecule has 2 aliphatic heterocycles. The van der Waals surface area contributed by atoms with Crippen LogP contribution < -0.4 is 19.7 Å². The van der Waals surface area contributed by atoms with E-state index in [9.17, 15) is 4.79 Å². The number of rotatable bonds is 4. The highest BCUT2D eigenvalue weighted by atomic mass is 16.7. The van der Waals surface area contributed by atoms with Crippen molar-refractivity contribution < 1.29 is 14.3 Å². The molecule has 1 amide bonds. The van der Waals surface area contributed by atoms with Gasteiger partial charge in [-0.25, -0.2) is 0 Å². The lowest BCUT2D eigenvalue weighted by molar-refractivity contribution is -0.115. The molecule has 0 aromatic heterocycles. The van der Waals surface area contributed by atoms with Crippen molar-refractivity contribution in [2.24, 2.45) is 0 Å². The zero-order valence-electron chi connectivity index (χ0n) is 14.2. The van der Waals surface area contributed by atoms with Crippen LogP contribution in [0.25, 0.3) is 0 Å². The zero-order valence-corrected chi connectivity index (χ0v) is 14.2. The molecule has 25 heavy (non-hydrogen) atoms. The fraction of sp³-hybridized carbons (Fsp3) is 0.350. The lowest BCUT2D eigenvalue weighted by atomic mass is 10.1.